The molecule has 2 aromatic rings. The minimum atomic E-state index is -1.73. The fourth-order valence-electron chi connectivity index (χ4n) is 3.41. The van der Waals surface area contributed by atoms with Gasteiger partial charge in [-0.15, -0.1) is 0 Å². The molecule has 1 aliphatic carbocycles. The van der Waals surface area contributed by atoms with Gasteiger partial charge in [-0.1, -0.05) is 0 Å². The molecule has 137 valence electrons. The maximum atomic E-state index is 12.9. The molecule has 0 bridgehead atoms. The van der Waals surface area contributed by atoms with E-state index in [1.54, 1.807) is 0 Å². The molecular formula is C20H24Cl2NOSiTi. The predicted octanol–water partition coefficient (Wildman–Crippen LogP) is -1.67. The van der Waals surface area contributed by atoms with Gasteiger partial charge in [0.1, 0.15) is 0 Å². The minimum absolute atomic E-state index is 0. The summed E-state index contributed by atoms with van der Waals surface area (Å²) in [5.74, 6) is 0.121. The SMILES string of the molecule is Cc1cc(C)cc(C(=O)[NH][Ti+2]([CH]2C=Cc3ccccc32)[SiH](C)C)c1.[Cl-].[Cl-]. The van der Waals surface area contributed by atoms with E-state index in [-0.39, 0.29) is 30.7 Å². The smallest absolute Gasteiger partial charge is 1.00 e. The Morgan fingerprint density at radius 3 is 2.27 bits per heavy atom. The molecule has 1 amide bonds. The van der Waals surface area contributed by atoms with E-state index in [1.807, 2.05) is 26.0 Å². The van der Waals surface area contributed by atoms with Gasteiger partial charge < -0.3 is 24.8 Å². The normalized spacial score (nSPS) is 14.3. The molecule has 1 aliphatic rings. The van der Waals surface area contributed by atoms with Crippen molar-refractivity contribution in [2.45, 2.75) is 31.2 Å². The van der Waals surface area contributed by atoms with Gasteiger partial charge in [-0.3, -0.25) is 0 Å². The topological polar surface area (TPSA) is 29.1 Å². The summed E-state index contributed by atoms with van der Waals surface area (Å²) in [5, 5.41) is 0. The third kappa shape index (κ3) is 5.11. The number of rotatable bonds is 4. The van der Waals surface area contributed by atoms with Crippen molar-refractivity contribution in [2.75, 3.05) is 0 Å². The zero-order valence-corrected chi connectivity index (χ0v) is 19.7. The average Bonchev–Trinajstić information content (AvgIpc) is 2.95. The van der Waals surface area contributed by atoms with Crippen molar-refractivity contribution in [3.63, 3.8) is 0 Å². The van der Waals surface area contributed by atoms with Crippen molar-refractivity contribution >= 4 is 18.6 Å². The molecule has 0 radical (unpaired) electrons. The van der Waals surface area contributed by atoms with E-state index in [0.29, 0.717) is 4.22 Å². The second-order valence-electron chi connectivity index (χ2n) is 6.91. The molecule has 0 spiro atoms. The maximum absolute atomic E-state index is 12.9. The van der Waals surface area contributed by atoms with Gasteiger partial charge >= 0.3 is 152 Å². The molecule has 1 N–H and O–H groups in total. The molecule has 0 aromatic heterocycles. The van der Waals surface area contributed by atoms with Gasteiger partial charge in [0, 0.05) is 0 Å². The Morgan fingerprint density at radius 1 is 1.04 bits per heavy atom. The van der Waals surface area contributed by atoms with E-state index in [0.717, 1.165) is 16.7 Å². The fourth-order valence-corrected chi connectivity index (χ4v) is 13.2. The molecule has 0 fully saturated rings. The van der Waals surface area contributed by atoms with E-state index in [1.165, 1.54) is 11.1 Å². The molecular weight excluding hydrogens is 417 g/mol. The van der Waals surface area contributed by atoms with Gasteiger partial charge in [-0.25, -0.2) is 0 Å². The molecule has 2 nitrogen and oxygen atoms in total. The van der Waals surface area contributed by atoms with Crippen LogP contribution in [0.3, 0.4) is 0 Å². The Bertz CT molecular complexity index is 790. The van der Waals surface area contributed by atoms with Crippen LogP contribution in [0.4, 0.5) is 0 Å². The average molecular weight is 441 g/mol. The summed E-state index contributed by atoms with van der Waals surface area (Å²) in [6.07, 6.45) is 4.56. The van der Waals surface area contributed by atoms with Gasteiger partial charge in [0.05, 0.1) is 0 Å². The summed E-state index contributed by atoms with van der Waals surface area (Å²) in [6, 6.07) is 14.7. The van der Waals surface area contributed by atoms with Crippen LogP contribution in [0.1, 0.15) is 36.8 Å². The number of nitrogens with one attached hydrogen (secondary N) is 1. The molecule has 26 heavy (non-hydrogen) atoms. The number of aryl methyl sites for hydroxylation is 2. The molecule has 6 heteroatoms. The van der Waals surface area contributed by atoms with Crippen LogP contribution in [-0.2, 0) is 17.4 Å². The standard InChI is InChI=1S/C9H11NO.C9H7.C2H7Si.2ClH.Ti/c1-6-3-7(2)5-8(4-6)9(10)11;1-2-5-9-7-3-6-8(9)4-1;1-3-2;;;/h3-5H,1-2H3,(H2,10,11);1-7H;3H,1-2H3;2*1H;/q;;;;;+3/p-3. The Hall–Kier alpha value is -0.839. The monoisotopic (exact) mass is 440 g/mol. The molecule has 0 saturated carbocycles. The van der Waals surface area contributed by atoms with Crippen LogP contribution in [0.25, 0.3) is 6.08 Å². The third-order valence-electron chi connectivity index (χ3n) is 4.50. The molecule has 0 aliphatic heterocycles. The third-order valence-corrected chi connectivity index (χ3v) is 16.3. The number of hydrogen-bond donors (Lipinski definition) is 1. The number of carbonyl (C=O) groups excluding carboxylic acids is 1. The van der Waals surface area contributed by atoms with Crippen LogP contribution in [0, 0.1) is 13.8 Å². The summed E-state index contributed by atoms with van der Waals surface area (Å²) in [6.45, 7) is 7.94. The summed E-state index contributed by atoms with van der Waals surface area (Å²) in [4.78, 5) is 12.9. The summed E-state index contributed by atoms with van der Waals surface area (Å²) >= 11 is -1.73. The Morgan fingerprint density at radius 2 is 1.65 bits per heavy atom. The second-order valence-corrected chi connectivity index (χ2v) is 20.0. The van der Waals surface area contributed by atoms with Crippen LogP contribution in [0.15, 0.2) is 48.5 Å². The summed E-state index contributed by atoms with van der Waals surface area (Å²) in [7, 11) is 0. The number of allylic oxidation sites excluding steroid dienone is 1. The van der Waals surface area contributed by atoms with Crippen LogP contribution in [-0.4, -0.2) is 12.6 Å². The number of halogens is 2. The number of carbonyl (C=O) groups is 1. The first-order valence-corrected chi connectivity index (χ1v) is 15.8. The molecule has 1 atom stereocenters. The van der Waals surface area contributed by atoms with Crippen LogP contribution in [0.5, 0.6) is 0 Å². The fraction of sp³-hybridized carbons (Fsp3) is 0.250. The summed E-state index contributed by atoms with van der Waals surface area (Å²) < 4.78 is 3.97. The molecule has 2 aromatic carbocycles. The van der Waals surface area contributed by atoms with E-state index in [2.05, 4.69) is 59.4 Å². The molecule has 0 saturated heterocycles. The largest absolute Gasteiger partial charge is 1.00 e. The minimum Gasteiger partial charge on any atom is -1.00 e. The first-order chi connectivity index (χ1) is 11.5. The Kier molecular flexibility index (Phi) is 8.84. The number of hydrogen-bond acceptors (Lipinski definition) is 1. The number of amides is 1. The van der Waals surface area contributed by atoms with Gasteiger partial charge in [-0.05, 0) is 0 Å². The Labute approximate surface area is 176 Å². The van der Waals surface area contributed by atoms with Crippen LogP contribution in [0.2, 0.25) is 13.1 Å². The van der Waals surface area contributed by atoms with Crippen molar-refractivity contribution < 1.29 is 47.0 Å². The van der Waals surface area contributed by atoms with Crippen molar-refractivity contribution in [2.24, 2.45) is 0 Å². The van der Waals surface area contributed by atoms with Crippen molar-refractivity contribution in [1.82, 2.24) is 3.80 Å². The number of benzene rings is 2. The van der Waals surface area contributed by atoms with Crippen LogP contribution < -0.4 is 28.6 Å². The first-order valence-electron chi connectivity index (χ1n) is 8.49. The first kappa shape index (κ1) is 23.2. The van der Waals surface area contributed by atoms with E-state index < -0.39 is 24.0 Å². The molecule has 0 heterocycles. The van der Waals surface area contributed by atoms with Gasteiger partial charge in [0.2, 0.25) is 0 Å². The summed E-state index contributed by atoms with van der Waals surface area (Å²) in [5.41, 5.74) is 5.84. The maximum Gasteiger partial charge on any atom is -1.00 e. The number of fused-ring (bicyclic) bond motifs is 1. The van der Waals surface area contributed by atoms with Gasteiger partial charge in [0.25, 0.3) is 0 Å². The quantitative estimate of drug-likeness (QED) is 0.565. The molecule has 3 rings (SSSR count). The molecule has 1 unspecified atom stereocenters. The van der Waals surface area contributed by atoms with Crippen molar-refractivity contribution in [3.8, 4) is 0 Å². The van der Waals surface area contributed by atoms with Crippen LogP contribution >= 0.6 is 0 Å². The van der Waals surface area contributed by atoms with Crippen molar-refractivity contribution in [1.29, 1.82) is 0 Å². The van der Waals surface area contributed by atoms with E-state index in [9.17, 15) is 4.79 Å². The zero-order chi connectivity index (χ0) is 17.3. The zero-order valence-electron chi connectivity index (χ0n) is 15.5. The van der Waals surface area contributed by atoms with E-state index >= 15 is 0 Å². The van der Waals surface area contributed by atoms with Gasteiger partial charge in [-0.2, -0.15) is 0 Å². The van der Waals surface area contributed by atoms with Crippen molar-refractivity contribution in [3.05, 3.63) is 76.4 Å². The van der Waals surface area contributed by atoms with E-state index in [4.69, 9.17) is 0 Å². The second kappa shape index (κ2) is 9.91. The van der Waals surface area contributed by atoms with Gasteiger partial charge in [0.15, 0.2) is 0 Å². The Balaban J connectivity index is 0.00000169. The predicted molar refractivity (Wildman–Crippen MR) is 100 cm³/mol.